The fraction of sp³-hybridized carbons (Fsp3) is 0.120. The lowest BCUT2D eigenvalue weighted by Gasteiger charge is -2.27. The molecule has 0 aliphatic carbocycles. The summed E-state index contributed by atoms with van der Waals surface area (Å²) in [5, 5.41) is 6.63. The van der Waals surface area contributed by atoms with E-state index >= 15 is 0 Å². The van der Waals surface area contributed by atoms with E-state index in [1.54, 1.807) is 6.07 Å². The second-order valence-corrected chi connectivity index (χ2v) is 7.58. The Balaban J connectivity index is 1.51. The zero-order valence-corrected chi connectivity index (χ0v) is 16.5. The van der Waals surface area contributed by atoms with Crippen LogP contribution in [0.15, 0.2) is 83.3 Å². The number of rotatable bonds is 4. The summed E-state index contributed by atoms with van der Waals surface area (Å²) >= 11 is 0. The zero-order valence-electron chi connectivity index (χ0n) is 16.5. The number of para-hydroxylation sites is 1. The quantitative estimate of drug-likeness (QED) is 0.499. The smallest absolute Gasteiger partial charge is 0.229 e. The van der Waals surface area contributed by atoms with Crippen molar-refractivity contribution in [2.45, 2.75) is 18.4 Å². The molecule has 0 spiro atoms. The highest BCUT2D eigenvalue weighted by Crippen LogP contribution is 2.35. The summed E-state index contributed by atoms with van der Waals surface area (Å²) in [7, 11) is 0. The molecule has 4 aromatic rings. The van der Waals surface area contributed by atoms with Crippen LogP contribution in [-0.4, -0.2) is 11.8 Å². The second kappa shape index (κ2) is 7.72. The van der Waals surface area contributed by atoms with Crippen molar-refractivity contribution < 1.29 is 18.4 Å². The van der Waals surface area contributed by atoms with E-state index in [2.05, 4.69) is 10.6 Å². The largest absolute Gasteiger partial charge is 0.459 e. The molecule has 5 rings (SSSR count). The van der Waals surface area contributed by atoms with Gasteiger partial charge in [-0.1, -0.05) is 54.6 Å². The van der Waals surface area contributed by atoms with E-state index in [-0.39, 0.29) is 18.2 Å². The molecule has 0 bridgehead atoms. The van der Waals surface area contributed by atoms with Gasteiger partial charge in [0.2, 0.25) is 11.8 Å². The van der Waals surface area contributed by atoms with E-state index in [0.717, 1.165) is 16.5 Å². The molecule has 0 saturated heterocycles. The number of benzene rings is 3. The summed E-state index contributed by atoms with van der Waals surface area (Å²) in [6, 6.07) is 22.6. The molecule has 0 fully saturated rings. The maximum absolute atomic E-state index is 13.6. The predicted octanol–water partition coefficient (Wildman–Crippen LogP) is 4.90. The number of furan rings is 1. The summed E-state index contributed by atoms with van der Waals surface area (Å²) in [5.41, 5.74) is 2.51. The van der Waals surface area contributed by atoms with Crippen molar-refractivity contribution in [1.29, 1.82) is 0 Å². The Hall–Kier alpha value is -3.93. The van der Waals surface area contributed by atoms with E-state index in [1.165, 1.54) is 12.1 Å². The maximum atomic E-state index is 13.6. The number of hydrogen-bond donors (Lipinski definition) is 2. The fourth-order valence-electron chi connectivity index (χ4n) is 4.02. The lowest BCUT2D eigenvalue weighted by Crippen LogP contribution is -2.37. The van der Waals surface area contributed by atoms with Crippen molar-refractivity contribution >= 4 is 28.5 Å². The lowest BCUT2D eigenvalue weighted by atomic mass is 9.89. The summed E-state index contributed by atoms with van der Waals surface area (Å²) in [6.45, 7) is 0. The Labute approximate surface area is 177 Å². The van der Waals surface area contributed by atoms with E-state index in [1.807, 2.05) is 60.7 Å². The fourth-order valence-corrected chi connectivity index (χ4v) is 4.02. The van der Waals surface area contributed by atoms with Crippen LogP contribution in [0.1, 0.15) is 35.3 Å². The topological polar surface area (TPSA) is 71.3 Å². The van der Waals surface area contributed by atoms with Gasteiger partial charge in [0.05, 0.1) is 5.92 Å². The molecular weight excluding hydrogens is 395 g/mol. The average molecular weight is 414 g/mol. The molecule has 5 nitrogen and oxygen atoms in total. The van der Waals surface area contributed by atoms with Crippen LogP contribution in [0.4, 0.5) is 10.1 Å². The molecule has 0 saturated carbocycles. The van der Waals surface area contributed by atoms with Crippen LogP contribution in [0.5, 0.6) is 0 Å². The molecule has 3 aromatic carbocycles. The van der Waals surface area contributed by atoms with E-state index in [4.69, 9.17) is 4.42 Å². The number of nitrogens with one attached hydrogen (secondary N) is 2. The maximum Gasteiger partial charge on any atom is 0.229 e. The van der Waals surface area contributed by atoms with Crippen molar-refractivity contribution in [3.05, 3.63) is 102 Å². The van der Waals surface area contributed by atoms with Crippen molar-refractivity contribution in [3.63, 3.8) is 0 Å². The monoisotopic (exact) mass is 414 g/mol. The summed E-state index contributed by atoms with van der Waals surface area (Å²) < 4.78 is 19.7. The highest BCUT2D eigenvalue weighted by Gasteiger charge is 2.33. The number of hydrogen-bond acceptors (Lipinski definition) is 3. The Morgan fingerprint density at radius 1 is 1.03 bits per heavy atom. The molecule has 2 unspecified atom stereocenters. The van der Waals surface area contributed by atoms with E-state index in [0.29, 0.717) is 17.0 Å². The second-order valence-electron chi connectivity index (χ2n) is 7.58. The molecule has 2 N–H and O–H groups in total. The third-order valence-corrected chi connectivity index (χ3v) is 5.52. The van der Waals surface area contributed by atoms with Gasteiger partial charge in [0, 0.05) is 17.5 Å². The van der Waals surface area contributed by atoms with Crippen molar-refractivity contribution in [2.75, 3.05) is 5.32 Å². The van der Waals surface area contributed by atoms with Crippen LogP contribution in [0.25, 0.3) is 11.0 Å². The van der Waals surface area contributed by atoms with E-state index < -0.39 is 17.8 Å². The number of carbonyl (C=O) groups is 2. The molecule has 1 aliphatic heterocycles. The molecule has 1 aromatic heterocycles. The highest BCUT2D eigenvalue weighted by molar-refractivity contribution is 6.01. The van der Waals surface area contributed by atoms with Gasteiger partial charge in [0.15, 0.2) is 0 Å². The molecular formula is C25H19FN2O3. The van der Waals surface area contributed by atoms with Gasteiger partial charge in [-0.2, -0.15) is 0 Å². The first kappa shape index (κ1) is 19.1. The summed E-state index contributed by atoms with van der Waals surface area (Å²) in [4.78, 5) is 25.5. The minimum absolute atomic E-state index is 0.00783. The lowest BCUT2D eigenvalue weighted by molar-refractivity contribution is -0.126. The van der Waals surface area contributed by atoms with Gasteiger partial charge in [-0.3, -0.25) is 9.59 Å². The van der Waals surface area contributed by atoms with Gasteiger partial charge >= 0.3 is 0 Å². The summed E-state index contributed by atoms with van der Waals surface area (Å²) in [6.07, 6.45) is -0.00783. The highest BCUT2D eigenvalue weighted by atomic mass is 19.1. The van der Waals surface area contributed by atoms with Crippen molar-refractivity contribution in [2.24, 2.45) is 0 Å². The molecule has 0 radical (unpaired) electrons. The zero-order chi connectivity index (χ0) is 21.4. The Bertz CT molecular complexity index is 1250. The molecule has 31 heavy (non-hydrogen) atoms. The van der Waals surface area contributed by atoms with Gasteiger partial charge in [0.1, 0.15) is 23.2 Å². The number of halogens is 1. The molecule has 154 valence electrons. The first-order valence-corrected chi connectivity index (χ1v) is 10.0. The summed E-state index contributed by atoms with van der Waals surface area (Å²) in [5.74, 6) is -1.24. The predicted molar refractivity (Wildman–Crippen MR) is 115 cm³/mol. The van der Waals surface area contributed by atoms with Crippen LogP contribution in [0.2, 0.25) is 0 Å². The number of fused-ring (bicyclic) bond motifs is 2. The number of amides is 2. The minimum atomic E-state index is -0.722. The third-order valence-electron chi connectivity index (χ3n) is 5.52. The normalized spacial score (nSPS) is 16.4. The third kappa shape index (κ3) is 3.68. The van der Waals surface area contributed by atoms with E-state index in [9.17, 15) is 14.0 Å². The van der Waals surface area contributed by atoms with Gasteiger partial charge in [-0.25, -0.2) is 4.39 Å². The van der Waals surface area contributed by atoms with Crippen LogP contribution >= 0.6 is 0 Å². The first-order valence-electron chi connectivity index (χ1n) is 10.0. The van der Waals surface area contributed by atoms with Gasteiger partial charge in [-0.15, -0.1) is 0 Å². The van der Waals surface area contributed by atoms with Crippen LogP contribution in [0.3, 0.4) is 0 Å². The van der Waals surface area contributed by atoms with Gasteiger partial charge < -0.3 is 15.1 Å². The van der Waals surface area contributed by atoms with Crippen LogP contribution in [-0.2, 0) is 9.59 Å². The minimum Gasteiger partial charge on any atom is -0.459 e. The molecule has 2 amide bonds. The van der Waals surface area contributed by atoms with Gasteiger partial charge in [-0.05, 0) is 35.4 Å². The van der Waals surface area contributed by atoms with Crippen molar-refractivity contribution in [3.8, 4) is 0 Å². The van der Waals surface area contributed by atoms with Gasteiger partial charge in [0.25, 0.3) is 0 Å². The van der Waals surface area contributed by atoms with Crippen LogP contribution < -0.4 is 10.6 Å². The Kier molecular flexibility index (Phi) is 4.75. The number of anilines is 1. The standard InChI is InChI=1S/C25H19FN2O3/c26-17-10-11-18-19(14-23(29)27-20(18)13-17)25(30)28-24(15-6-2-1-3-7-15)22-12-16-8-4-5-9-21(16)31-22/h1-13,19,24H,14H2,(H,27,29)(H,28,30). The average Bonchev–Trinajstić information content (AvgIpc) is 3.21. The molecule has 2 heterocycles. The Morgan fingerprint density at radius 3 is 2.61 bits per heavy atom. The molecule has 2 atom stereocenters. The van der Waals surface area contributed by atoms with Crippen molar-refractivity contribution in [1.82, 2.24) is 5.32 Å². The molecule has 6 heteroatoms. The van der Waals surface area contributed by atoms with Crippen LogP contribution in [0, 0.1) is 5.82 Å². The number of carbonyl (C=O) groups excluding carboxylic acids is 2. The SMILES string of the molecule is O=C1CC(C(=O)NC(c2ccccc2)c2cc3ccccc3o2)c2ccc(F)cc2N1. The molecule has 1 aliphatic rings. The Morgan fingerprint density at radius 2 is 1.81 bits per heavy atom. The first-order chi connectivity index (χ1) is 15.1.